The summed E-state index contributed by atoms with van der Waals surface area (Å²) in [6.07, 6.45) is 6.40. The van der Waals surface area contributed by atoms with Crippen molar-refractivity contribution in [3.63, 3.8) is 0 Å². The third kappa shape index (κ3) is 1.17. The molecule has 0 amide bonds. The maximum absolute atomic E-state index is 8.61. The van der Waals surface area contributed by atoms with Crippen LogP contribution in [0.5, 0.6) is 0 Å². The van der Waals surface area contributed by atoms with E-state index in [4.69, 9.17) is 10.1 Å². The van der Waals surface area contributed by atoms with E-state index in [2.05, 4.69) is 11.6 Å². The first-order chi connectivity index (χ1) is 5.90. The van der Waals surface area contributed by atoms with E-state index in [0.29, 0.717) is 0 Å². The van der Waals surface area contributed by atoms with Gasteiger partial charge < -0.3 is 9.74 Å². The molecular formula is C7H10N4O. The molecule has 5 heteroatoms. The van der Waals surface area contributed by atoms with E-state index >= 15 is 0 Å². The van der Waals surface area contributed by atoms with Gasteiger partial charge in [-0.2, -0.15) is 5.26 Å². The van der Waals surface area contributed by atoms with Crippen molar-refractivity contribution in [1.29, 1.82) is 5.26 Å². The molecule has 0 aromatic heterocycles. The number of nitrogens with one attached hydrogen (secondary N) is 1. The van der Waals surface area contributed by atoms with E-state index in [0.717, 1.165) is 19.5 Å². The van der Waals surface area contributed by atoms with Gasteiger partial charge >= 0.3 is 0 Å². The molecule has 2 aliphatic rings. The van der Waals surface area contributed by atoms with Crippen LogP contribution in [0.25, 0.3) is 0 Å². The fourth-order valence-electron chi connectivity index (χ4n) is 1.45. The van der Waals surface area contributed by atoms with Crippen LogP contribution in [0.3, 0.4) is 0 Å². The van der Waals surface area contributed by atoms with Crippen LogP contribution in [0.2, 0.25) is 0 Å². The number of nitriles is 1. The summed E-state index contributed by atoms with van der Waals surface area (Å²) in [4.78, 5) is 6.87. The molecule has 1 saturated heterocycles. The Morgan fingerprint density at radius 2 is 2.58 bits per heavy atom. The Hall–Kier alpha value is -1.41. The van der Waals surface area contributed by atoms with E-state index < -0.39 is 0 Å². The first-order valence-corrected chi connectivity index (χ1v) is 3.92. The van der Waals surface area contributed by atoms with Crippen LogP contribution in [-0.2, 0) is 4.84 Å². The molecule has 0 bridgehead atoms. The van der Waals surface area contributed by atoms with Crippen LogP contribution in [0, 0.1) is 11.5 Å². The van der Waals surface area contributed by atoms with Gasteiger partial charge in [-0.3, -0.25) is 5.43 Å². The average Bonchev–Trinajstić information content (AvgIpc) is 2.75. The SMILES string of the molecule is N#CN1CCC(N2NC=CO2)C1. The zero-order chi connectivity index (χ0) is 8.39. The monoisotopic (exact) mass is 166 g/mol. The highest BCUT2D eigenvalue weighted by atomic mass is 16.7. The first kappa shape index (κ1) is 7.25. The third-order valence-electron chi connectivity index (χ3n) is 2.08. The second-order valence-electron chi connectivity index (χ2n) is 2.85. The zero-order valence-corrected chi connectivity index (χ0v) is 6.60. The van der Waals surface area contributed by atoms with Crippen molar-refractivity contribution < 1.29 is 4.84 Å². The molecule has 0 spiro atoms. The van der Waals surface area contributed by atoms with Crippen molar-refractivity contribution in [2.24, 2.45) is 0 Å². The van der Waals surface area contributed by atoms with Gasteiger partial charge in [-0.15, -0.1) is 0 Å². The molecule has 1 N–H and O–H groups in total. The van der Waals surface area contributed by atoms with Crippen LogP contribution < -0.4 is 5.43 Å². The lowest BCUT2D eigenvalue weighted by Crippen LogP contribution is -2.40. The molecule has 1 fully saturated rings. The van der Waals surface area contributed by atoms with Gasteiger partial charge in [0.25, 0.3) is 0 Å². The molecule has 1 atom stereocenters. The molecule has 0 aliphatic carbocycles. The molecule has 64 valence electrons. The number of hydrogen-bond acceptors (Lipinski definition) is 5. The zero-order valence-electron chi connectivity index (χ0n) is 6.60. The van der Waals surface area contributed by atoms with Crippen LogP contribution in [0.1, 0.15) is 6.42 Å². The summed E-state index contributed by atoms with van der Waals surface area (Å²) in [6, 6.07) is 0.277. The predicted octanol–water partition coefficient (Wildman–Crippen LogP) is -0.235. The summed E-state index contributed by atoms with van der Waals surface area (Å²) in [6.45, 7) is 1.56. The highest BCUT2D eigenvalue weighted by Crippen LogP contribution is 2.15. The number of hydroxylamine groups is 1. The quantitative estimate of drug-likeness (QED) is 0.545. The van der Waals surface area contributed by atoms with Crippen molar-refractivity contribution in [3.8, 4) is 6.19 Å². The van der Waals surface area contributed by atoms with Gasteiger partial charge in [0, 0.05) is 13.1 Å². The van der Waals surface area contributed by atoms with Gasteiger partial charge in [0.15, 0.2) is 6.19 Å². The molecule has 2 heterocycles. The standard InChI is InChI=1S/C7H10N4O/c8-6-10-3-1-7(5-10)11-9-2-4-12-11/h2,4,7,9H,1,3,5H2. The van der Waals surface area contributed by atoms with Crippen molar-refractivity contribution in [1.82, 2.24) is 15.5 Å². The molecule has 0 aromatic rings. The Morgan fingerprint density at radius 1 is 1.67 bits per heavy atom. The Morgan fingerprint density at radius 3 is 3.17 bits per heavy atom. The number of hydrogen-bond donors (Lipinski definition) is 1. The van der Waals surface area contributed by atoms with E-state index in [9.17, 15) is 0 Å². The number of nitrogens with zero attached hydrogens (tertiary/aromatic N) is 3. The molecule has 0 saturated carbocycles. The minimum atomic E-state index is 0.277. The Bertz CT molecular complexity index is 226. The van der Waals surface area contributed by atoms with Crippen molar-refractivity contribution in [3.05, 3.63) is 12.5 Å². The first-order valence-electron chi connectivity index (χ1n) is 3.92. The van der Waals surface area contributed by atoms with Gasteiger partial charge in [0.05, 0.1) is 12.2 Å². The topological polar surface area (TPSA) is 51.5 Å². The number of likely N-dealkylation sites (tertiary alicyclic amines) is 1. The van der Waals surface area contributed by atoms with Gasteiger partial charge in [0.1, 0.15) is 6.26 Å². The minimum absolute atomic E-state index is 0.277. The third-order valence-corrected chi connectivity index (χ3v) is 2.08. The molecule has 2 aliphatic heterocycles. The second kappa shape index (κ2) is 2.91. The average molecular weight is 166 g/mol. The Balaban J connectivity index is 1.87. The highest BCUT2D eigenvalue weighted by Gasteiger charge is 2.29. The van der Waals surface area contributed by atoms with Crippen LogP contribution in [0.4, 0.5) is 0 Å². The largest absolute Gasteiger partial charge is 0.392 e. The molecule has 1 unspecified atom stereocenters. The van der Waals surface area contributed by atoms with Gasteiger partial charge in [-0.05, 0) is 6.42 Å². The van der Waals surface area contributed by atoms with E-state index in [1.165, 1.54) is 0 Å². The summed E-state index contributed by atoms with van der Waals surface area (Å²) in [7, 11) is 0. The summed E-state index contributed by atoms with van der Waals surface area (Å²) < 4.78 is 0. The van der Waals surface area contributed by atoms with E-state index in [1.54, 1.807) is 22.5 Å². The van der Waals surface area contributed by atoms with Crippen LogP contribution in [0.15, 0.2) is 12.5 Å². The summed E-state index contributed by atoms with van der Waals surface area (Å²) >= 11 is 0. The predicted molar refractivity (Wildman–Crippen MR) is 40.8 cm³/mol. The molecule has 0 aromatic carbocycles. The fraction of sp³-hybridized carbons (Fsp3) is 0.571. The lowest BCUT2D eigenvalue weighted by molar-refractivity contribution is -0.143. The lowest BCUT2D eigenvalue weighted by Gasteiger charge is -2.20. The minimum Gasteiger partial charge on any atom is -0.392 e. The second-order valence-corrected chi connectivity index (χ2v) is 2.85. The van der Waals surface area contributed by atoms with Gasteiger partial charge in [-0.25, -0.2) is 0 Å². The van der Waals surface area contributed by atoms with Crippen LogP contribution >= 0.6 is 0 Å². The molecule has 12 heavy (non-hydrogen) atoms. The van der Waals surface area contributed by atoms with E-state index in [-0.39, 0.29) is 6.04 Å². The lowest BCUT2D eigenvalue weighted by atomic mass is 10.3. The fourth-order valence-corrected chi connectivity index (χ4v) is 1.45. The molecule has 5 nitrogen and oxygen atoms in total. The maximum Gasteiger partial charge on any atom is 0.179 e. The normalized spacial score (nSPS) is 28.2. The smallest absolute Gasteiger partial charge is 0.179 e. The number of hydrazine groups is 1. The Labute approximate surface area is 70.7 Å². The molecule has 0 radical (unpaired) electrons. The molecule has 2 rings (SSSR count). The summed E-state index contributed by atoms with van der Waals surface area (Å²) in [5, 5.41) is 10.3. The highest BCUT2D eigenvalue weighted by molar-refractivity contribution is 4.89. The Kier molecular flexibility index (Phi) is 1.76. The maximum atomic E-state index is 8.61. The molecular weight excluding hydrogens is 156 g/mol. The van der Waals surface area contributed by atoms with Crippen molar-refractivity contribution in [2.75, 3.05) is 13.1 Å². The summed E-state index contributed by atoms with van der Waals surface area (Å²) in [5.41, 5.74) is 2.94. The summed E-state index contributed by atoms with van der Waals surface area (Å²) in [5.74, 6) is 0. The van der Waals surface area contributed by atoms with Crippen LogP contribution in [-0.4, -0.2) is 29.2 Å². The van der Waals surface area contributed by atoms with Gasteiger partial charge in [-0.1, -0.05) is 5.17 Å². The van der Waals surface area contributed by atoms with Gasteiger partial charge in [0.2, 0.25) is 0 Å². The van der Waals surface area contributed by atoms with Crippen molar-refractivity contribution in [2.45, 2.75) is 12.5 Å². The van der Waals surface area contributed by atoms with Crippen molar-refractivity contribution >= 4 is 0 Å². The van der Waals surface area contributed by atoms with E-state index in [1.807, 2.05) is 0 Å². The number of rotatable bonds is 1.